The molecule has 1 atom stereocenters. The first-order valence-electron chi connectivity index (χ1n) is 6.89. The Labute approximate surface area is 132 Å². The highest BCUT2D eigenvalue weighted by Crippen LogP contribution is 2.29. The minimum absolute atomic E-state index is 0.181. The van der Waals surface area contributed by atoms with E-state index in [1.165, 1.54) is 0 Å². The summed E-state index contributed by atoms with van der Waals surface area (Å²) in [6.45, 7) is -0.104. The Kier molecular flexibility index (Phi) is 4.06. The van der Waals surface area contributed by atoms with E-state index in [9.17, 15) is 9.90 Å². The third-order valence-electron chi connectivity index (χ3n) is 3.60. The summed E-state index contributed by atoms with van der Waals surface area (Å²) < 4.78 is 1.79. The quantitative estimate of drug-likeness (QED) is 0.553. The van der Waals surface area contributed by atoms with Crippen molar-refractivity contribution in [2.24, 2.45) is 0 Å². The van der Waals surface area contributed by atoms with E-state index >= 15 is 0 Å². The van der Waals surface area contributed by atoms with Gasteiger partial charge in [0.15, 0.2) is 0 Å². The summed E-state index contributed by atoms with van der Waals surface area (Å²) in [5, 5.41) is 19.3. The van der Waals surface area contributed by atoms with Gasteiger partial charge < -0.3 is 19.8 Å². The number of aliphatic hydroxyl groups is 2. The fraction of sp³-hybridized carbons (Fsp3) is 0.188. The number of fused-ring (bicyclic) bond motifs is 1. The van der Waals surface area contributed by atoms with Crippen LogP contribution in [0.1, 0.15) is 0 Å². The molecule has 0 saturated heterocycles. The lowest BCUT2D eigenvalue weighted by Crippen LogP contribution is -2.19. The highest BCUT2D eigenvalue weighted by molar-refractivity contribution is 7.80. The van der Waals surface area contributed by atoms with Crippen molar-refractivity contribution in [3.63, 3.8) is 0 Å². The Bertz CT molecular complexity index is 852. The maximum absolute atomic E-state index is 12.2. The summed E-state index contributed by atoms with van der Waals surface area (Å²) in [5.41, 5.74) is 2.23. The molecule has 0 aliphatic carbocycles. The normalized spacial score (nSPS) is 12.7. The number of hydrogen-bond donors (Lipinski definition) is 4. The highest BCUT2D eigenvalue weighted by Gasteiger charge is 2.15. The van der Waals surface area contributed by atoms with E-state index < -0.39 is 6.10 Å². The lowest BCUT2D eigenvalue weighted by atomic mass is 10.1. The topological polar surface area (TPSA) is 78.2 Å². The first-order chi connectivity index (χ1) is 10.6. The lowest BCUT2D eigenvalue weighted by molar-refractivity contribution is 0.0822. The first kappa shape index (κ1) is 14.9. The number of aromatic amines is 1. The van der Waals surface area contributed by atoms with Crippen LogP contribution in [-0.2, 0) is 6.54 Å². The van der Waals surface area contributed by atoms with Crippen molar-refractivity contribution in [1.82, 2.24) is 9.55 Å². The number of nitrogens with zero attached hydrogens (tertiary/aromatic N) is 1. The maximum Gasteiger partial charge on any atom is 0.258 e. The number of nitrogens with one attached hydrogen (secondary N) is 1. The van der Waals surface area contributed by atoms with Crippen LogP contribution in [0, 0.1) is 0 Å². The second-order valence-corrected chi connectivity index (χ2v) is 5.66. The fourth-order valence-electron chi connectivity index (χ4n) is 2.55. The fourth-order valence-corrected chi connectivity index (χ4v) is 2.70. The molecule has 0 aliphatic rings. The maximum atomic E-state index is 12.2. The largest absolute Gasteiger partial charge is 0.394 e. The molecular weight excluding hydrogens is 300 g/mol. The van der Waals surface area contributed by atoms with Gasteiger partial charge in [0.2, 0.25) is 0 Å². The third-order valence-corrected chi connectivity index (χ3v) is 3.90. The number of benzene rings is 1. The predicted octanol–water partition coefficient (Wildman–Crippen LogP) is 1.64. The van der Waals surface area contributed by atoms with Crippen molar-refractivity contribution in [2.45, 2.75) is 17.5 Å². The molecule has 3 N–H and O–H groups in total. The molecule has 2 aromatic heterocycles. The van der Waals surface area contributed by atoms with Gasteiger partial charge in [0.25, 0.3) is 5.56 Å². The number of aliphatic hydroxyl groups excluding tert-OH is 2. The summed E-state index contributed by atoms with van der Waals surface area (Å²) in [6, 6.07) is 9.31. The third kappa shape index (κ3) is 2.68. The van der Waals surface area contributed by atoms with Crippen molar-refractivity contribution in [3.05, 3.63) is 53.1 Å². The van der Waals surface area contributed by atoms with Crippen molar-refractivity contribution in [2.75, 3.05) is 6.61 Å². The van der Waals surface area contributed by atoms with E-state index in [0.29, 0.717) is 5.39 Å². The van der Waals surface area contributed by atoms with Crippen molar-refractivity contribution < 1.29 is 10.2 Å². The summed E-state index contributed by atoms with van der Waals surface area (Å²) in [5.74, 6) is 0. The van der Waals surface area contributed by atoms with Gasteiger partial charge in [-0.15, -0.1) is 12.6 Å². The van der Waals surface area contributed by atoms with Gasteiger partial charge in [-0.25, -0.2) is 0 Å². The minimum atomic E-state index is -0.873. The Morgan fingerprint density at radius 2 is 1.95 bits per heavy atom. The molecular formula is C16H16N2O3S. The Balaban J connectivity index is 2.21. The van der Waals surface area contributed by atoms with E-state index in [1.807, 2.05) is 30.5 Å². The van der Waals surface area contributed by atoms with E-state index in [-0.39, 0.29) is 18.7 Å². The minimum Gasteiger partial charge on any atom is -0.394 e. The molecule has 2 heterocycles. The van der Waals surface area contributed by atoms with Crippen molar-refractivity contribution >= 4 is 23.5 Å². The van der Waals surface area contributed by atoms with E-state index in [2.05, 4.69) is 17.6 Å². The van der Waals surface area contributed by atoms with Gasteiger partial charge in [-0.2, -0.15) is 0 Å². The second-order valence-electron chi connectivity index (χ2n) is 5.15. The van der Waals surface area contributed by atoms with Gasteiger partial charge in [-0.3, -0.25) is 4.79 Å². The van der Waals surface area contributed by atoms with E-state index in [0.717, 1.165) is 21.5 Å². The first-order valence-corrected chi connectivity index (χ1v) is 7.33. The SMILES string of the molecule is O=c1[nH]ccc2c1c(-c1ccc(S)cc1)cn2CC(O)CO. The van der Waals surface area contributed by atoms with Crippen LogP contribution in [0.4, 0.5) is 0 Å². The van der Waals surface area contributed by atoms with Gasteiger partial charge in [-0.1, -0.05) is 12.1 Å². The lowest BCUT2D eigenvalue weighted by Gasteiger charge is -2.09. The molecule has 1 aromatic carbocycles. The highest BCUT2D eigenvalue weighted by atomic mass is 32.1. The number of H-pyrrole nitrogens is 1. The molecule has 1 unspecified atom stereocenters. The van der Waals surface area contributed by atoms with Crippen LogP contribution in [0.15, 0.2) is 52.4 Å². The summed E-state index contributed by atoms with van der Waals surface area (Å²) in [4.78, 5) is 15.7. The van der Waals surface area contributed by atoms with Gasteiger partial charge >= 0.3 is 0 Å². The molecule has 0 bridgehead atoms. The summed E-state index contributed by atoms with van der Waals surface area (Å²) in [7, 11) is 0. The summed E-state index contributed by atoms with van der Waals surface area (Å²) in [6.07, 6.45) is 2.53. The van der Waals surface area contributed by atoms with Crippen LogP contribution in [-0.4, -0.2) is 32.5 Å². The van der Waals surface area contributed by atoms with Crippen LogP contribution < -0.4 is 5.56 Å². The number of aromatic nitrogens is 2. The van der Waals surface area contributed by atoms with Gasteiger partial charge in [0, 0.05) is 22.9 Å². The Hall–Kier alpha value is -2.02. The molecule has 0 amide bonds. The predicted molar refractivity (Wildman–Crippen MR) is 88.3 cm³/mol. The zero-order chi connectivity index (χ0) is 15.7. The van der Waals surface area contributed by atoms with E-state index in [1.54, 1.807) is 16.8 Å². The van der Waals surface area contributed by atoms with Crippen molar-refractivity contribution in [3.8, 4) is 11.1 Å². The van der Waals surface area contributed by atoms with Gasteiger partial charge in [0.05, 0.1) is 30.2 Å². The number of pyridine rings is 1. The summed E-state index contributed by atoms with van der Waals surface area (Å²) >= 11 is 4.27. The average molecular weight is 316 g/mol. The van der Waals surface area contributed by atoms with Crippen LogP contribution in [0.2, 0.25) is 0 Å². The monoisotopic (exact) mass is 316 g/mol. The molecule has 0 spiro atoms. The zero-order valence-electron chi connectivity index (χ0n) is 11.7. The molecule has 0 radical (unpaired) electrons. The molecule has 6 heteroatoms. The molecule has 114 valence electrons. The van der Waals surface area contributed by atoms with Gasteiger partial charge in [-0.05, 0) is 23.8 Å². The molecule has 0 fully saturated rings. The molecule has 0 aliphatic heterocycles. The van der Waals surface area contributed by atoms with Crippen LogP contribution in [0.5, 0.6) is 0 Å². The average Bonchev–Trinajstić information content (AvgIpc) is 2.88. The van der Waals surface area contributed by atoms with Gasteiger partial charge in [0.1, 0.15) is 0 Å². The molecule has 5 nitrogen and oxygen atoms in total. The second kappa shape index (κ2) is 6.00. The molecule has 22 heavy (non-hydrogen) atoms. The zero-order valence-corrected chi connectivity index (χ0v) is 12.6. The van der Waals surface area contributed by atoms with Crippen LogP contribution in [0.25, 0.3) is 22.0 Å². The molecule has 3 aromatic rings. The molecule has 3 rings (SSSR count). The Morgan fingerprint density at radius 1 is 1.23 bits per heavy atom. The number of rotatable bonds is 4. The molecule has 0 saturated carbocycles. The standard InChI is InChI=1S/C16H16N2O3S/c19-9-11(20)7-18-8-13(10-1-3-12(22)4-2-10)15-14(18)5-6-17-16(15)21/h1-6,8,11,19-20,22H,7,9H2,(H,17,21). The van der Waals surface area contributed by atoms with E-state index in [4.69, 9.17) is 5.11 Å². The number of hydrogen-bond acceptors (Lipinski definition) is 4. The van der Waals surface area contributed by atoms with Crippen LogP contribution in [0.3, 0.4) is 0 Å². The Morgan fingerprint density at radius 3 is 2.64 bits per heavy atom. The number of thiol groups is 1. The van der Waals surface area contributed by atoms with Crippen molar-refractivity contribution in [1.29, 1.82) is 0 Å². The van der Waals surface area contributed by atoms with Crippen LogP contribution >= 0.6 is 12.6 Å². The smallest absolute Gasteiger partial charge is 0.258 e.